The van der Waals surface area contributed by atoms with Crippen molar-refractivity contribution in [2.75, 3.05) is 25.1 Å². The van der Waals surface area contributed by atoms with Gasteiger partial charge in [0.15, 0.2) is 0 Å². The number of hydrogen-bond acceptors (Lipinski definition) is 4. The van der Waals surface area contributed by atoms with Crippen LogP contribution in [0.1, 0.15) is 18.4 Å². The first-order chi connectivity index (χ1) is 9.35. The Bertz CT molecular complexity index is 529. The van der Waals surface area contributed by atoms with Gasteiger partial charge in [0, 0.05) is 13.1 Å². The summed E-state index contributed by atoms with van der Waals surface area (Å²) in [6.07, 6.45) is 4.29. The van der Waals surface area contributed by atoms with Crippen molar-refractivity contribution in [1.82, 2.24) is 14.8 Å². The topological polar surface area (TPSA) is 43.2 Å². The molecule has 0 saturated carbocycles. The second-order valence-corrected chi connectivity index (χ2v) is 4.78. The lowest BCUT2D eigenvalue weighted by atomic mass is 10.2. The van der Waals surface area contributed by atoms with E-state index in [0.29, 0.717) is 0 Å². The minimum absolute atomic E-state index is 0.741. The highest BCUT2D eigenvalue weighted by Gasteiger charge is 2.15. The van der Waals surface area contributed by atoms with Crippen LogP contribution in [0.5, 0.6) is 5.75 Å². The van der Waals surface area contributed by atoms with Crippen molar-refractivity contribution in [3.05, 3.63) is 36.2 Å². The fourth-order valence-electron chi connectivity index (χ4n) is 2.34. The normalized spacial score (nSPS) is 14.9. The minimum Gasteiger partial charge on any atom is -0.497 e. The smallest absolute Gasteiger partial charge is 0.244 e. The van der Waals surface area contributed by atoms with Gasteiger partial charge >= 0.3 is 0 Å². The van der Waals surface area contributed by atoms with Crippen LogP contribution < -0.4 is 9.64 Å². The average Bonchev–Trinajstić information content (AvgIpc) is 3.10. The number of ether oxygens (including phenoxy) is 1. The van der Waals surface area contributed by atoms with Crippen LogP contribution in [-0.4, -0.2) is 35.0 Å². The Morgan fingerprint density at radius 1 is 1.16 bits per heavy atom. The van der Waals surface area contributed by atoms with Gasteiger partial charge in [-0.1, -0.05) is 12.1 Å². The zero-order valence-corrected chi connectivity index (χ0v) is 11.1. The van der Waals surface area contributed by atoms with Crippen LogP contribution in [0.15, 0.2) is 30.6 Å². The summed E-state index contributed by atoms with van der Waals surface area (Å²) in [6, 6.07) is 8.04. The molecule has 0 radical (unpaired) electrons. The number of rotatable bonds is 4. The van der Waals surface area contributed by atoms with Gasteiger partial charge in [-0.25, -0.2) is 9.67 Å². The lowest BCUT2D eigenvalue weighted by Gasteiger charge is -2.11. The van der Waals surface area contributed by atoms with Gasteiger partial charge in [-0.3, -0.25) is 0 Å². The van der Waals surface area contributed by atoms with Gasteiger partial charge < -0.3 is 9.64 Å². The highest BCUT2D eigenvalue weighted by atomic mass is 16.5. The fourth-order valence-corrected chi connectivity index (χ4v) is 2.34. The molecule has 0 amide bonds. The average molecular weight is 258 g/mol. The van der Waals surface area contributed by atoms with Gasteiger partial charge in [0.2, 0.25) is 5.95 Å². The summed E-state index contributed by atoms with van der Waals surface area (Å²) in [5.74, 6) is 1.73. The lowest BCUT2D eigenvalue weighted by Crippen LogP contribution is -2.19. The SMILES string of the molecule is COc1ccc(Cn2cnc(N3CCCC3)n2)cc1. The molecule has 0 unspecified atom stereocenters. The number of anilines is 1. The molecule has 0 spiro atoms. The summed E-state index contributed by atoms with van der Waals surface area (Å²) in [6.45, 7) is 2.89. The minimum atomic E-state index is 0.741. The summed E-state index contributed by atoms with van der Waals surface area (Å²) in [5.41, 5.74) is 1.19. The third kappa shape index (κ3) is 2.70. The molecule has 5 heteroatoms. The van der Waals surface area contributed by atoms with E-state index in [2.05, 4.69) is 27.1 Å². The summed E-state index contributed by atoms with van der Waals surface area (Å²) >= 11 is 0. The largest absolute Gasteiger partial charge is 0.497 e. The molecule has 0 N–H and O–H groups in total. The molecule has 0 bridgehead atoms. The van der Waals surface area contributed by atoms with E-state index in [4.69, 9.17) is 4.74 Å². The second-order valence-electron chi connectivity index (χ2n) is 4.78. The van der Waals surface area contributed by atoms with E-state index in [1.165, 1.54) is 18.4 Å². The summed E-state index contributed by atoms with van der Waals surface area (Å²) in [7, 11) is 1.68. The van der Waals surface area contributed by atoms with Crippen LogP contribution >= 0.6 is 0 Å². The van der Waals surface area contributed by atoms with E-state index in [9.17, 15) is 0 Å². The van der Waals surface area contributed by atoms with Crippen molar-refractivity contribution in [3.8, 4) is 5.75 Å². The Balaban J connectivity index is 1.68. The second kappa shape index (κ2) is 5.30. The van der Waals surface area contributed by atoms with E-state index < -0.39 is 0 Å². The molecule has 19 heavy (non-hydrogen) atoms. The predicted octanol–water partition coefficient (Wildman–Crippen LogP) is 1.94. The maximum Gasteiger partial charge on any atom is 0.244 e. The third-order valence-corrected chi connectivity index (χ3v) is 3.42. The zero-order chi connectivity index (χ0) is 13.1. The maximum absolute atomic E-state index is 5.15. The highest BCUT2D eigenvalue weighted by Crippen LogP contribution is 2.16. The first-order valence-electron chi connectivity index (χ1n) is 6.62. The molecule has 1 fully saturated rings. The predicted molar refractivity (Wildman–Crippen MR) is 73.6 cm³/mol. The fraction of sp³-hybridized carbons (Fsp3) is 0.429. The summed E-state index contributed by atoms with van der Waals surface area (Å²) < 4.78 is 7.03. The molecule has 1 aromatic heterocycles. The van der Waals surface area contributed by atoms with Crippen molar-refractivity contribution < 1.29 is 4.74 Å². The lowest BCUT2D eigenvalue weighted by molar-refractivity contribution is 0.414. The Hall–Kier alpha value is -2.04. The van der Waals surface area contributed by atoms with Crippen molar-refractivity contribution in [2.45, 2.75) is 19.4 Å². The van der Waals surface area contributed by atoms with Gasteiger partial charge in [-0.2, -0.15) is 0 Å². The molecular formula is C14H18N4O. The van der Waals surface area contributed by atoms with E-state index >= 15 is 0 Å². The first-order valence-corrected chi connectivity index (χ1v) is 6.62. The highest BCUT2D eigenvalue weighted by molar-refractivity contribution is 5.30. The first kappa shape index (κ1) is 12.0. The molecule has 5 nitrogen and oxygen atoms in total. The number of methoxy groups -OCH3 is 1. The Morgan fingerprint density at radius 3 is 2.58 bits per heavy atom. The molecule has 100 valence electrons. The van der Waals surface area contributed by atoms with Crippen molar-refractivity contribution >= 4 is 5.95 Å². The number of benzene rings is 1. The van der Waals surface area contributed by atoms with Crippen molar-refractivity contribution in [1.29, 1.82) is 0 Å². The number of hydrogen-bond donors (Lipinski definition) is 0. The molecule has 2 heterocycles. The zero-order valence-electron chi connectivity index (χ0n) is 11.1. The molecule has 1 aromatic carbocycles. The van der Waals surface area contributed by atoms with Gasteiger partial charge in [-0.15, -0.1) is 5.10 Å². The molecule has 2 aromatic rings. The number of aromatic nitrogens is 3. The molecule has 0 atom stereocenters. The van der Waals surface area contributed by atoms with Crippen LogP contribution in [-0.2, 0) is 6.54 Å². The Morgan fingerprint density at radius 2 is 1.89 bits per heavy atom. The monoisotopic (exact) mass is 258 g/mol. The van der Waals surface area contributed by atoms with E-state index in [1.807, 2.05) is 16.8 Å². The van der Waals surface area contributed by atoms with Crippen LogP contribution in [0.3, 0.4) is 0 Å². The van der Waals surface area contributed by atoms with Gasteiger partial charge in [0.05, 0.1) is 13.7 Å². The molecule has 1 aliphatic rings. The molecule has 1 aliphatic heterocycles. The van der Waals surface area contributed by atoms with Crippen molar-refractivity contribution in [2.24, 2.45) is 0 Å². The summed E-state index contributed by atoms with van der Waals surface area (Å²) in [4.78, 5) is 6.62. The quantitative estimate of drug-likeness (QED) is 0.840. The van der Waals surface area contributed by atoms with E-state index in [1.54, 1.807) is 13.4 Å². The number of nitrogens with zero attached hydrogens (tertiary/aromatic N) is 4. The van der Waals surface area contributed by atoms with Gasteiger partial charge in [0.25, 0.3) is 0 Å². The third-order valence-electron chi connectivity index (χ3n) is 3.42. The Kier molecular flexibility index (Phi) is 3.35. The Labute approximate surface area is 112 Å². The van der Waals surface area contributed by atoms with Crippen LogP contribution in [0.4, 0.5) is 5.95 Å². The van der Waals surface area contributed by atoms with Gasteiger partial charge in [0.1, 0.15) is 12.1 Å². The van der Waals surface area contributed by atoms with E-state index in [-0.39, 0.29) is 0 Å². The van der Waals surface area contributed by atoms with Crippen LogP contribution in [0, 0.1) is 0 Å². The summed E-state index contributed by atoms with van der Waals surface area (Å²) in [5, 5.41) is 4.53. The molecular weight excluding hydrogens is 240 g/mol. The standard InChI is InChI=1S/C14H18N4O/c1-19-13-6-4-12(5-7-13)10-18-11-15-14(16-18)17-8-2-3-9-17/h4-7,11H,2-3,8-10H2,1H3. The van der Waals surface area contributed by atoms with Crippen LogP contribution in [0.2, 0.25) is 0 Å². The maximum atomic E-state index is 5.15. The van der Waals surface area contributed by atoms with Gasteiger partial charge in [-0.05, 0) is 30.5 Å². The van der Waals surface area contributed by atoms with E-state index in [0.717, 1.165) is 31.3 Å². The molecule has 0 aliphatic carbocycles. The molecule has 1 saturated heterocycles. The van der Waals surface area contributed by atoms with Crippen LogP contribution in [0.25, 0.3) is 0 Å². The molecule has 3 rings (SSSR count). The van der Waals surface area contributed by atoms with Crippen molar-refractivity contribution in [3.63, 3.8) is 0 Å².